The fraction of sp³-hybridized carbons (Fsp3) is 0.333. The standard InChI is InChI=1S/C21H27N3O6S/c1-14(2)20(25)24-16-7-5-15(6-8-16)21(26)22-11-12-23-31(27,28)17-9-10-18(29-3)19(13-17)30-4/h5-10,13-14,23H,11-12H2,1-4H3,(H,22,26)(H,24,25). The molecule has 0 saturated carbocycles. The zero-order chi connectivity index (χ0) is 23.0. The monoisotopic (exact) mass is 449 g/mol. The van der Waals surface area contributed by atoms with Gasteiger partial charge in [-0.05, 0) is 36.4 Å². The summed E-state index contributed by atoms with van der Waals surface area (Å²) in [7, 11) is -0.903. The van der Waals surface area contributed by atoms with Gasteiger partial charge in [0, 0.05) is 36.3 Å². The fourth-order valence-electron chi connectivity index (χ4n) is 2.52. The summed E-state index contributed by atoms with van der Waals surface area (Å²) in [6, 6.07) is 10.7. The predicted octanol–water partition coefficient (Wildman–Crippen LogP) is 2.01. The zero-order valence-corrected chi connectivity index (χ0v) is 18.7. The van der Waals surface area contributed by atoms with Gasteiger partial charge in [-0.2, -0.15) is 0 Å². The van der Waals surface area contributed by atoms with Crippen molar-refractivity contribution in [2.45, 2.75) is 18.7 Å². The molecule has 0 aliphatic carbocycles. The van der Waals surface area contributed by atoms with E-state index in [-0.39, 0.29) is 35.7 Å². The van der Waals surface area contributed by atoms with Crippen LogP contribution in [0.5, 0.6) is 11.5 Å². The molecule has 31 heavy (non-hydrogen) atoms. The maximum Gasteiger partial charge on any atom is 0.251 e. The number of nitrogens with one attached hydrogen (secondary N) is 3. The molecular formula is C21H27N3O6S. The Kier molecular flexibility index (Phi) is 8.40. The average molecular weight is 450 g/mol. The first-order valence-electron chi connectivity index (χ1n) is 9.58. The lowest BCUT2D eigenvalue weighted by Gasteiger charge is -2.11. The summed E-state index contributed by atoms with van der Waals surface area (Å²) >= 11 is 0. The minimum Gasteiger partial charge on any atom is -0.493 e. The maximum atomic E-state index is 12.4. The van der Waals surface area contributed by atoms with Crippen molar-refractivity contribution >= 4 is 27.5 Å². The van der Waals surface area contributed by atoms with E-state index in [1.807, 2.05) is 0 Å². The quantitative estimate of drug-likeness (QED) is 0.477. The van der Waals surface area contributed by atoms with Gasteiger partial charge in [0.1, 0.15) is 0 Å². The van der Waals surface area contributed by atoms with Crippen LogP contribution >= 0.6 is 0 Å². The Labute approximate surface area is 182 Å². The smallest absolute Gasteiger partial charge is 0.251 e. The molecule has 0 radical (unpaired) electrons. The third-order valence-electron chi connectivity index (χ3n) is 4.31. The summed E-state index contributed by atoms with van der Waals surface area (Å²) in [5.41, 5.74) is 0.989. The third kappa shape index (κ3) is 6.69. The van der Waals surface area contributed by atoms with Gasteiger partial charge in [-0.15, -0.1) is 0 Å². The molecule has 3 N–H and O–H groups in total. The molecule has 0 saturated heterocycles. The number of amides is 2. The Morgan fingerprint density at radius 1 is 0.935 bits per heavy atom. The number of methoxy groups -OCH3 is 2. The normalized spacial score (nSPS) is 11.1. The zero-order valence-electron chi connectivity index (χ0n) is 17.9. The number of anilines is 1. The molecule has 9 nitrogen and oxygen atoms in total. The van der Waals surface area contributed by atoms with E-state index in [1.165, 1.54) is 32.4 Å². The number of sulfonamides is 1. The largest absolute Gasteiger partial charge is 0.493 e. The molecule has 0 heterocycles. The molecule has 0 aliphatic heterocycles. The highest BCUT2D eigenvalue weighted by Crippen LogP contribution is 2.29. The van der Waals surface area contributed by atoms with Crippen molar-refractivity contribution < 1.29 is 27.5 Å². The van der Waals surface area contributed by atoms with Gasteiger partial charge in [-0.25, -0.2) is 13.1 Å². The predicted molar refractivity (Wildman–Crippen MR) is 117 cm³/mol. The molecule has 0 bridgehead atoms. The second-order valence-electron chi connectivity index (χ2n) is 6.89. The molecule has 2 aromatic rings. The van der Waals surface area contributed by atoms with Crippen LogP contribution < -0.4 is 24.8 Å². The van der Waals surface area contributed by atoms with E-state index in [4.69, 9.17) is 9.47 Å². The van der Waals surface area contributed by atoms with Crippen LogP contribution in [0.1, 0.15) is 24.2 Å². The minimum absolute atomic E-state index is 0.00491. The van der Waals surface area contributed by atoms with Gasteiger partial charge < -0.3 is 20.1 Å². The van der Waals surface area contributed by atoms with Gasteiger partial charge in [0.05, 0.1) is 19.1 Å². The highest BCUT2D eigenvalue weighted by Gasteiger charge is 2.17. The molecule has 168 valence electrons. The number of ether oxygens (including phenoxy) is 2. The highest BCUT2D eigenvalue weighted by atomic mass is 32.2. The van der Waals surface area contributed by atoms with Crippen LogP contribution in [0.4, 0.5) is 5.69 Å². The Hall–Kier alpha value is -3.11. The Bertz CT molecular complexity index is 1020. The summed E-state index contributed by atoms with van der Waals surface area (Å²) in [4.78, 5) is 23.9. The number of carbonyl (C=O) groups excluding carboxylic acids is 2. The molecule has 0 atom stereocenters. The Morgan fingerprint density at radius 2 is 1.58 bits per heavy atom. The van der Waals surface area contributed by atoms with E-state index < -0.39 is 10.0 Å². The van der Waals surface area contributed by atoms with Crippen LogP contribution in [0.2, 0.25) is 0 Å². The molecule has 0 aromatic heterocycles. The van der Waals surface area contributed by atoms with E-state index in [9.17, 15) is 18.0 Å². The molecule has 0 unspecified atom stereocenters. The molecule has 2 aromatic carbocycles. The van der Waals surface area contributed by atoms with Crippen molar-refractivity contribution in [2.75, 3.05) is 32.6 Å². The Morgan fingerprint density at radius 3 is 2.16 bits per heavy atom. The third-order valence-corrected chi connectivity index (χ3v) is 5.77. The van der Waals surface area contributed by atoms with Crippen molar-refractivity contribution in [3.05, 3.63) is 48.0 Å². The highest BCUT2D eigenvalue weighted by molar-refractivity contribution is 7.89. The van der Waals surface area contributed by atoms with Gasteiger partial charge in [-0.3, -0.25) is 9.59 Å². The summed E-state index contributed by atoms with van der Waals surface area (Å²) in [5, 5.41) is 5.39. The van der Waals surface area contributed by atoms with E-state index in [2.05, 4.69) is 15.4 Å². The lowest BCUT2D eigenvalue weighted by molar-refractivity contribution is -0.118. The van der Waals surface area contributed by atoms with Crippen molar-refractivity contribution in [3.63, 3.8) is 0 Å². The van der Waals surface area contributed by atoms with Crippen molar-refractivity contribution in [1.29, 1.82) is 0 Å². The van der Waals surface area contributed by atoms with E-state index in [1.54, 1.807) is 38.1 Å². The number of carbonyl (C=O) groups is 2. The molecule has 0 aliphatic rings. The number of hydrogen-bond acceptors (Lipinski definition) is 6. The second kappa shape index (κ2) is 10.8. The van der Waals surface area contributed by atoms with Crippen molar-refractivity contribution in [3.8, 4) is 11.5 Å². The van der Waals surface area contributed by atoms with E-state index in [0.29, 0.717) is 22.7 Å². The van der Waals surface area contributed by atoms with Crippen molar-refractivity contribution in [1.82, 2.24) is 10.0 Å². The van der Waals surface area contributed by atoms with Crippen LogP contribution in [0.25, 0.3) is 0 Å². The van der Waals surface area contributed by atoms with Gasteiger partial charge in [0.15, 0.2) is 11.5 Å². The van der Waals surface area contributed by atoms with Gasteiger partial charge in [-0.1, -0.05) is 13.8 Å². The lowest BCUT2D eigenvalue weighted by Crippen LogP contribution is -2.34. The first-order valence-corrected chi connectivity index (χ1v) is 11.1. The molecule has 0 fully saturated rings. The second-order valence-corrected chi connectivity index (χ2v) is 8.66. The first-order chi connectivity index (χ1) is 14.7. The number of rotatable bonds is 10. The van der Waals surface area contributed by atoms with Crippen LogP contribution in [0.15, 0.2) is 47.4 Å². The number of hydrogen-bond donors (Lipinski definition) is 3. The minimum atomic E-state index is -3.78. The maximum absolute atomic E-state index is 12.4. The van der Waals surface area contributed by atoms with Crippen LogP contribution in [-0.2, 0) is 14.8 Å². The molecule has 0 spiro atoms. The van der Waals surface area contributed by atoms with Crippen molar-refractivity contribution in [2.24, 2.45) is 5.92 Å². The summed E-state index contributed by atoms with van der Waals surface area (Å²) < 4.78 is 37.5. The Balaban J connectivity index is 1.87. The van der Waals surface area contributed by atoms with E-state index in [0.717, 1.165) is 0 Å². The molecule has 2 amide bonds. The molecule has 10 heteroatoms. The first kappa shape index (κ1) is 24.2. The van der Waals surface area contributed by atoms with Gasteiger partial charge in [0.25, 0.3) is 5.91 Å². The fourth-order valence-corrected chi connectivity index (χ4v) is 3.57. The SMILES string of the molecule is COc1ccc(S(=O)(=O)NCCNC(=O)c2ccc(NC(=O)C(C)C)cc2)cc1OC. The van der Waals surface area contributed by atoms with Crippen LogP contribution in [0.3, 0.4) is 0 Å². The molecule has 2 rings (SSSR count). The van der Waals surface area contributed by atoms with Gasteiger partial charge >= 0.3 is 0 Å². The lowest BCUT2D eigenvalue weighted by atomic mass is 10.1. The van der Waals surface area contributed by atoms with Crippen LogP contribution in [-0.4, -0.2) is 47.5 Å². The van der Waals surface area contributed by atoms with Crippen LogP contribution in [0, 0.1) is 5.92 Å². The van der Waals surface area contributed by atoms with Gasteiger partial charge in [0.2, 0.25) is 15.9 Å². The summed E-state index contributed by atoms with van der Waals surface area (Å²) in [5.74, 6) is 0.104. The van der Waals surface area contributed by atoms with E-state index >= 15 is 0 Å². The molecular weight excluding hydrogens is 422 g/mol. The number of benzene rings is 2. The summed E-state index contributed by atoms with van der Waals surface area (Å²) in [6.45, 7) is 3.68. The summed E-state index contributed by atoms with van der Waals surface area (Å²) in [6.07, 6.45) is 0. The topological polar surface area (TPSA) is 123 Å². The average Bonchev–Trinajstić information content (AvgIpc) is 2.76.